The number of rotatable bonds is 6. The molecule has 0 bridgehead atoms. The van der Waals surface area contributed by atoms with E-state index in [1.54, 1.807) is 0 Å². The fourth-order valence-electron chi connectivity index (χ4n) is 2.76. The van der Waals surface area contributed by atoms with Crippen LogP contribution >= 0.6 is 0 Å². The molecule has 0 spiro atoms. The highest BCUT2D eigenvalue weighted by Crippen LogP contribution is 2.28. The first-order valence-electron chi connectivity index (χ1n) is 7.70. The molecule has 0 saturated heterocycles. The van der Waals surface area contributed by atoms with Crippen molar-refractivity contribution in [3.05, 3.63) is 47.3 Å². The maximum Gasteiger partial charge on any atom is 0.156 e. The number of hydrogen-bond donors (Lipinski definition) is 1. The van der Waals surface area contributed by atoms with E-state index in [0.717, 1.165) is 44.1 Å². The molecule has 4 heteroatoms. The highest BCUT2D eigenvalue weighted by atomic mass is 16.5. The van der Waals surface area contributed by atoms with Gasteiger partial charge in [0, 0.05) is 24.8 Å². The SMILES string of the molecule is CC(C)CNCc1cc(CN2CCc3ccccc32)on1. The Morgan fingerprint density at radius 2 is 2.19 bits per heavy atom. The lowest BCUT2D eigenvalue weighted by atomic mass is 10.2. The van der Waals surface area contributed by atoms with Gasteiger partial charge in [0.25, 0.3) is 0 Å². The largest absolute Gasteiger partial charge is 0.363 e. The number of fused-ring (bicyclic) bond motifs is 1. The minimum absolute atomic E-state index is 0.650. The van der Waals surface area contributed by atoms with Crippen molar-refractivity contribution in [3.8, 4) is 0 Å². The van der Waals surface area contributed by atoms with Crippen LogP contribution in [0, 0.1) is 5.92 Å². The van der Waals surface area contributed by atoms with Gasteiger partial charge in [0.2, 0.25) is 0 Å². The molecule has 0 unspecified atom stereocenters. The summed E-state index contributed by atoms with van der Waals surface area (Å²) in [5, 5.41) is 7.53. The molecule has 2 heterocycles. The van der Waals surface area contributed by atoms with E-state index >= 15 is 0 Å². The third-order valence-corrected chi connectivity index (χ3v) is 3.80. The summed E-state index contributed by atoms with van der Waals surface area (Å²) in [4.78, 5) is 2.36. The molecule has 0 atom stereocenters. The molecule has 1 N–H and O–H groups in total. The molecule has 0 aliphatic carbocycles. The van der Waals surface area contributed by atoms with Gasteiger partial charge >= 0.3 is 0 Å². The molecule has 4 nitrogen and oxygen atoms in total. The number of para-hydroxylation sites is 1. The molecule has 1 aromatic heterocycles. The topological polar surface area (TPSA) is 41.3 Å². The summed E-state index contributed by atoms with van der Waals surface area (Å²) >= 11 is 0. The Kier molecular flexibility index (Phi) is 4.25. The fourth-order valence-corrected chi connectivity index (χ4v) is 2.76. The van der Waals surface area contributed by atoms with Crippen LogP contribution in [-0.4, -0.2) is 18.2 Å². The normalized spacial score (nSPS) is 14.0. The Hall–Kier alpha value is -1.81. The highest BCUT2D eigenvalue weighted by Gasteiger charge is 2.19. The van der Waals surface area contributed by atoms with Crippen LogP contribution in [0.2, 0.25) is 0 Å². The highest BCUT2D eigenvalue weighted by molar-refractivity contribution is 5.57. The molecule has 112 valence electrons. The fraction of sp³-hybridized carbons (Fsp3) is 0.471. The van der Waals surface area contributed by atoms with Crippen molar-refractivity contribution in [1.29, 1.82) is 0 Å². The molecule has 1 aromatic carbocycles. The van der Waals surface area contributed by atoms with E-state index in [1.165, 1.54) is 11.3 Å². The van der Waals surface area contributed by atoms with Crippen molar-refractivity contribution in [1.82, 2.24) is 10.5 Å². The van der Waals surface area contributed by atoms with Crippen molar-refractivity contribution in [2.45, 2.75) is 33.4 Å². The van der Waals surface area contributed by atoms with E-state index < -0.39 is 0 Å². The maximum atomic E-state index is 5.47. The summed E-state index contributed by atoms with van der Waals surface area (Å²) in [5.41, 5.74) is 3.74. The standard InChI is InChI=1S/C17H23N3O/c1-13(2)10-18-11-15-9-16(21-19-15)12-20-8-7-14-5-3-4-6-17(14)20/h3-6,9,13,18H,7-8,10-12H2,1-2H3. The van der Waals surface area contributed by atoms with Crippen LogP contribution in [0.25, 0.3) is 0 Å². The average molecular weight is 285 g/mol. The minimum Gasteiger partial charge on any atom is -0.363 e. The number of anilines is 1. The van der Waals surface area contributed by atoms with Gasteiger partial charge in [-0.25, -0.2) is 0 Å². The van der Waals surface area contributed by atoms with Crippen molar-refractivity contribution in [2.24, 2.45) is 5.92 Å². The van der Waals surface area contributed by atoms with Gasteiger partial charge in [-0.15, -0.1) is 0 Å². The smallest absolute Gasteiger partial charge is 0.156 e. The van der Waals surface area contributed by atoms with E-state index in [1.807, 2.05) is 0 Å². The molecule has 21 heavy (non-hydrogen) atoms. The lowest BCUT2D eigenvalue weighted by Crippen LogP contribution is -2.19. The number of hydrogen-bond acceptors (Lipinski definition) is 4. The zero-order valence-electron chi connectivity index (χ0n) is 12.8. The molecule has 2 aromatic rings. The molecule has 0 fully saturated rings. The molecule has 0 amide bonds. The van der Waals surface area contributed by atoms with Crippen molar-refractivity contribution < 1.29 is 4.52 Å². The van der Waals surface area contributed by atoms with Gasteiger partial charge in [-0.05, 0) is 30.5 Å². The summed E-state index contributed by atoms with van der Waals surface area (Å²) < 4.78 is 5.47. The predicted molar refractivity (Wildman–Crippen MR) is 84.2 cm³/mol. The van der Waals surface area contributed by atoms with Crippen LogP contribution in [0.15, 0.2) is 34.9 Å². The van der Waals surface area contributed by atoms with E-state index in [-0.39, 0.29) is 0 Å². The van der Waals surface area contributed by atoms with E-state index in [0.29, 0.717) is 5.92 Å². The van der Waals surface area contributed by atoms with Gasteiger partial charge in [-0.1, -0.05) is 37.2 Å². The lowest BCUT2D eigenvalue weighted by Gasteiger charge is -2.17. The van der Waals surface area contributed by atoms with Crippen molar-refractivity contribution >= 4 is 5.69 Å². The Labute approximate surface area is 126 Å². The van der Waals surface area contributed by atoms with Crippen molar-refractivity contribution in [2.75, 3.05) is 18.0 Å². The van der Waals surface area contributed by atoms with Crippen LogP contribution in [0.5, 0.6) is 0 Å². The van der Waals surface area contributed by atoms with Crippen LogP contribution in [0.3, 0.4) is 0 Å². The van der Waals surface area contributed by atoms with Crippen LogP contribution in [0.1, 0.15) is 30.9 Å². The summed E-state index contributed by atoms with van der Waals surface area (Å²) in [5.74, 6) is 1.59. The van der Waals surface area contributed by atoms with Crippen molar-refractivity contribution in [3.63, 3.8) is 0 Å². The minimum atomic E-state index is 0.650. The molecule has 3 rings (SSSR count). The third kappa shape index (κ3) is 3.45. The first-order valence-corrected chi connectivity index (χ1v) is 7.70. The van der Waals surface area contributed by atoms with Gasteiger partial charge in [0.05, 0.1) is 12.2 Å². The molecule has 0 saturated carbocycles. The van der Waals surface area contributed by atoms with E-state index in [2.05, 4.69) is 59.6 Å². The molecule has 0 radical (unpaired) electrons. The first-order chi connectivity index (χ1) is 10.2. The molecular formula is C17H23N3O. The predicted octanol–water partition coefficient (Wildman–Crippen LogP) is 2.98. The Morgan fingerprint density at radius 3 is 3.05 bits per heavy atom. The quantitative estimate of drug-likeness (QED) is 0.886. The van der Waals surface area contributed by atoms with E-state index in [4.69, 9.17) is 4.52 Å². The van der Waals surface area contributed by atoms with Crippen LogP contribution in [-0.2, 0) is 19.5 Å². The Morgan fingerprint density at radius 1 is 1.33 bits per heavy atom. The van der Waals surface area contributed by atoms with Crippen LogP contribution < -0.4 is 10.2 Å². The zero-order valence-corrected chi connectivity index (χ0v) is 12.8. The third-order valence-electron chi connectivity index (χ3n) is 3.80. The summed E-state index contributed by atoms with van der Waals surface area (Å²) in [6, 6.07) is 10.7. The van der Waals surface area contributed by atoms with Gasteiger partial charge in [0.15, 0.2) is 5.76 Å². The Balaban J connectivity index is 1.58. The van der Waals surface area contributed by atoms with Gasteiger partial charge in [-0.3, -0.25) is 0 Å². The number of nitrogens with one attached hydrogen (secondary N) is 1. The first kappa shape index (κ1) is 14.1. The summed E-state index contributed by atoms with van der Waals surface area (Å²) in [7, 11) is 0. The van der Waals surface area contributed by atoms with Gasteiger partial charge in [0.1, 0.15) is 0 Å². The number of aromatic nitrogens is 1. The summed E-state index contributed by atoms with van der Waals surface area (Å²) in [6.45, 7) is 8.03. The molecule has 1 aliphatic heterocycles. The summed E-state index contributed by atoms with van der Waals surface area (Å²) in [6.07, 6.45) is 1.12. The van der Waals surface area contributed by atoms with Gasteiger partial charge < -0.3 is 14.7 Å². The van der Waals surface area contributed by atoms with Gasteiger partial charge in [-0.2, -0.15) is 0 Å². The van der Waals surface area contributed by atoms with E-state index in [9.17, 15) is 0 Å². The second-order valence-corrected chi connectivity index (χ2v) is 6.11. The van der Waals surface area contributed by atoms with Crippen LogP contribution in [0.4, 0.5) is 5.69 Å². The zero-order chi connectivity index (χ0) is 14.7. The Bertz CT molecular complexity index is 591. The lowest BCUT2D eigenvalue weighted by molar-refractivity contribution is 0.373. The molecule has 1 aliphatic rings. The average Bonchev–Trinajstić information content (AvgIpc) is 3.07. The second kappa shape index (κ2) is 6.31. The maximum absolute atomic E-state index is 5.47. The number of benzene rings is 1. The monoisotopic (exact) mass is 285 g/mol. The molecular weight excluding hydrogens is 262 g/mol. The second-order valence-electron chi connectivity index (χ2n) is 6.11. The number of nitrogens with zero attached hydrogens (tertiary/aromatic N) is 2.